The predicted molar refractivity (Wildman–Crippen MR) is 250 cm³/mol. The molecule has 8 aromatic carbocycles. The molecule has 5 aliphatic carbocycles. The van der Waals surface area contributed by atoms with Crippen molar-refractivity contribution >= 4 is 38.9 Å². The van der Waals surface area contributed by atoms with Crippen LogP contribution < -0.4 is 4.90 Å². The molecule has 60 heavy (non-hydrogen) atoms. The Kier molecular flexibility index (Phi) is 7.38. The van der Waals surface area contributed by atoms with Crippen LogP contribution in [0.4, 0.5) is 17.1 Å². The van der Waals surface area contributed by atoms with Crippen LogP contribution in [0.2, 0.25) is 0 Å². The van der Waals surface area contributed by atoms with Crippen LogP contribution >= 0.6 is 0 Å². The summed E-state index contributed by atoms with van der Waals surface area (Å²) in [7, 11) is 0. The molecule has 1 heterocycles. The fourth-order valence-electron chi connectivity index (χ4n) is 13.2. The van der Waals surface area contributed by atoms with Gasteiger partial charge in [-0.3, -0.25) is 0 Å². The Morgan fingerprint density at radius 1 is 0.483 bits per heavy atom. The van der Waals surface area contributed by atoms with Gasteiger partial charge >= 0.3 is 0 Å². The Morgan fingerprint density at radius 2 is 1.12 bits per heavy atom. The van der Waals surface area contributed by atoms with Crippen LogP contribution in [0.5, 0.6) is 0 Å². The van der Waals surface area contributed by atoms with Crippen molar-refractivity contribution in [3.05, 3.63) is 205 Å². The third-order valence-corrected chi connectivity index (χ3v) is 15.2. The third kappa shape index (κ3) is 4.71. The molecule has 0 saturated heterocycles. The summed E-state index contributed by atoms with van der Waals surface area (Å²) in [6.45, 7) is 2.32. The predicted octanol–water partition coefficient (Wildman–Crippen LogP) is 15.2. The van der Waals surface area contributed by atoms with Crippen molar-refractivity contribution in [1.82, 2.24) is 4.57 Å². The van der Waals surface area contributed by atoms with E-state index < -0.39 is 0 Å². The monoisotopic (exact) mass is 770 g/mol. The van der Waals surface area contributed by atoms with Crippen LogP contribution in [-0.4, -0.2) is 4.57 Å². The Labute approximate surface area is 352 Å². The molecule has 2 nitrogen and oxygen atoms in total. The highest BCUT2D eigenvalue weighted by atomic mass is 15.2. The van der Waals surface area contributed by atoms with E-state index in [1.807, 2.05) is 0 Å². The third-order valence-electron chi connectivity index (χ3n) is 15.2. The van der Waals surface area contributed by atoms with Crippen molar-refractivity contribution in [3.8, 4) is 39.1 Å². The van der Waals surface area contributed by atoms with Crippen molar-refractivity contribution in [2.24, 2.45) is 23.7 Å². The lowest BCUT2D eigenvalue weighted by Gasteiger charge is -2.46. The SMILES string of the molecule is Cc1cc2c(c(N(c3ccc(-c4ccccc4)cc3)c3ccccc3-c3ccccc3)c1)C1(c3c-2cccc3-n2c3ccccc3c3ccccc32)C2CC3CC(C2)C1C3. The number of aromatic nitrogens is 1. The van der Waals surface area contributed by atoms with E-state index in [1.54, 1.807) is 11.1 Å². The van der Waals surface area contributed by atoms with Crippen LogP contribution in [0, 0.1) is 30.6 Å². The Balaban J connectivity index is 1.12. The topological polar surface area (TPSA) is 8.17 Å². The summed E-state index contributed by atoms with van der Waals surface area (Å²) in [4.78, 5) is 2.65. The van der Waals surface area contributed by atoms with Gasteiger partial charge in [0.15, 0.2) is 0 Å². The van der Waals surface area contributed by atoms with Crippen molar-refractivity contribution in [3.63, 3.8) is 0 Å². The summed E-state index contributed by atoms with van der Waals surface area (Å²) >= 11 is 0. The molecule has 1 spiro atoms. The van der Waals surface area contributed by atoms with E-state index in [9.17, 15) is 0 Å². The summed E-state index contributed by atoms with van der Waals surface area (Å²) in [5.74, 6) is 2.78. The molecule has 4 saturated carbocycles. The zero-order valence-corrected chi connectivity index (χ0v) is 33.9. The first-order valence-electron chi connectivity index (χ1n) is 22.0. The summed E-state index contributed by atoms with van der Waals surface area (Å²) < 4.78 is 2.63. The molecule has 5 aliphatic rings. The molecule has 4 fully saturated rings. The van der Waals surface area contributed by atoms with Crippen molar-refractivity contribution in [2.75, 3.05) is 4.90 Å². The highest BCUT2D eigenvalue weighted by Gasteiger charge is 2.67. The van der Waals surface area contributed by atoms with Crippen molar-refractivity contribution < 1.29 is 0 Å². The molecule has 9 aromatic rings. The van der Waals surface area contributed by atoms with Crippen molar-refractivity contribution in [2.45, 2.75) is 38.0 Å². The lowest BCUT2D eigenvalue weighted by atomic mass is 9.58. The van der Waals surface area contributed by atoms with E-state index in [-0.39, 0.29) is 5.41 Å². The van der Waals surface area contributed by atoms with Crippen LogP contribution in [0.3, 0.4) is 0 Å². The second kappa shape index (κ2) is 12.9. The first-order chi connectivity index (χ1) is 29.7. The summed E-state index contributed by atoms with van der Waals surface area (Å²) in [6.07, 6.45) is 5.34. The number of aryl methyl sites for hydroxylation is 1. The van der Waals surface area contributed by atoms with Gasteiger partial charge in [0.25, 0.3) is 0 Å². The van der Waals surface area contributed by atoms with E-state index in [1.165, 1.54) is 109 Å². The summed E-state index contributed by atoms with van der Waals surface area (Å²) in [5.41, 5.74) is 19.8. The van der Waals surface area contributed by atoms with E-state index >= 15 is 0 Å². The van der Waals surface area contributed by atoms with Crippen LogP contribution in [-0.2, 0) is 5.41 Å². The van der Waals surface area contributed by atoms with Gasteiger partial charge in [-0.05, 0) is 143 Å². The van der Waals surface area contributed by atoms with Crippen LogP contribution in [0.15, 0.2) is 188 Å². The van der Waals surface area contributed by atoms with Crippen LogP contribution in [0.1, 0.15) is 42.4 Å². The molecule has 288 valence electrons. The first-order valence-corrected chi connectivity index (χ1v) is 22.0. The van der Waals surface area contributed by atoms with E-state index in [2.05, 4.69) is 204 Å². The molecular weight excluding hydrogens is 725 g/mol. The van der Waals surface area contributed by atoms with Gasteiger partial charge in [-0.25, -0.2) is 0 Å². The fraction of sp³-hybridized carbons (Fsp3) is 0.172. The second-order valence-electron chi connectivity index (χ2n) is 18.1. The van der Waals surface area contributed by atoms with E-state index in [4.69, 9.17) is 0 Å². The maximum Gasteiger partial charge on any atom is 0.0541 e. The number of para-hydroxylation sites is 3. The number of benzene rings is 8. The molecule has 0 aliphatic heterocycles. The Hall–Kier alpha value is -6.64. The number of anilines is 3. The zero-order chi connectivity index (χ0) is 39.5. The standard InChI is InChI=1S/C58H46N2/c1-37-31-49-48-22-14-26-54(60-52-24-12-9-20-46(52)47-21-10-13-25-53(47)60)56(48)58(43-34-38-33-42(36-43)50(58)35-38)57(49)55(32-37)59(44-29-27-40(28-30-44)39-15-4-2-5-16-39)51-23-11-8-19-45(51)41-17-6-3-7-18-41/h2-32,38,42-43,50H,33-36H2,1H3. The van der Waals surface area contributed by atoms with Gasteiger partial charge in [-0.2, -0.15) is 0 Å². The highest BCUT2D eigenvalue weighted by Crippen LogP contribution is 2.75. The molecule has 0 amide bonds. The van der Waals surface area contributed by atoms with Gasteiger partial charge < -0.3 is 9.47 Å². The maximum atomic E-state index is 2.65. The molecule has 1 aromatic heterocycles. The van der Waals surface area contributed by atoms with Crippen LogP contribution in [0.25, 0.3) is 60.9 Å². The second-order valence-corrected chi connectivity index (χ2v) is 18.1. The molecule has 2 heteroatoms. The maximum absolute atomic E-state index is 2.65. The molecular formula is C58H46N2. The minimum absolute atomic E-state index is 0.113. The number of rotatable bonds is 6. The molecule has 0 radical (unpaired) electrons. The highest BCUT2D eigenvalue weighted by molar-refractivity contribution is 6.10. The van der Waals surface area contributed by atoms with E-state index in [0.29, 0.717) is 11.8 Å². The van der Waals surface area contributed by atoms with E-state index in [0.717, 1.165) is 11.8 Å². The first kappa shape index (κ1) is 34.2. The average Bonchev–Trinajstić information content (AvgIpc) is 3.97. The van der Waals surface area contributed by atoms with Crippen molar-refractivity contribution in [1.29, 1.82) is 0 Å². The Morgan fingerprint density at radius 3 is 1.85 bits per heavy atom. The quantitative estimate of drug-likeness (QED) is 0.163. The van der Waals surface area contributed by atoms with Gasteiger partial charge in [0.2, 0.25) is 0 Å². The number of nitrogens with zero attached hydrogens (tertiary/aromatic N) is 2. The molecule has 0 N–H and O–H groups in total. The summed E-state index contributed by atoms with van der Waals surface area (Å²) in [6, 6.07) is 70.8. The van der Waals surface area contributed by atoms with Gasteiger partial charge in [0.05, 0.1) is 28.1 Å². The largest absolute Gasteiger partial charge is 0.310 e. The zero-order valence-electron chi connectivity index (χ0n) is 33.9. The molecule has 4 bridgehead atoms. The Bertz CT molecular complexity index is 3080. The lowest BCUT2D eigenvalue weighted by Crippen LogP contribution is -2.42. The smallest absolute Gasteiger partial charge is 0.0541 e. The van der Waals surface area contributed by atoms with Gasteiger partial charge in [0, 0.05) is 27.4 Å². The number of fused-ring (bicyclic) bond motifs is 6. The van der Waals surface area contributed by atoms with Gasteiger partial charge in [-0.15, -0.1) is 0 Å². The minimum Gasteiger partial charge on any atom is -0.310 e. The normalized spacial score (nSPS) is 21.9. The number of hydrogen-bond acceptors (Lipinski definition) is 1. The van der Waals surface area contributed by atoms with Gasteiger partial charge in [-0.1, -0.05) is 146 Å². The lowest BCUT2D eigenvalue weighted by molar-refractivity contribution is 0.191. The molecule has 14 rings (SSSR count). The van der Waals surface area contributed by atoms with Gasteiger partial charge in [0.1, 0.15) is 0 Å². The fourth-order valence-corrected chi connectivity index (χ4v) is 13.2. The minimum atomic E-state index is -0.113. The summed E-state index contributed by atoms with van der Waals surface area (Å²) in [5, 5.41) is 2.65. The average molecular weight is 771 g/mol. The molecule has 5 unspecified atom stereocenters. The molecule has 5 atom stereocenters. The number of hydrogen-bond donors (Lipinski definition) is 0.